The molecule has 0 aliphatic carbocycles. The number of nitrogens with zero attached hydrogens (tertiary/aromatic N) is 2. The Kier molecular flexibility index (Phi) is 9.12. The van der Waals surface area contributed by atoms with Gasteiger partial charge in [0.25, 0.3) is 5.56 Å². The van der Waals surface area contributed by atoms with Crippen molar-refractivity contribution < 1.29 is 28.9 Å². The van der Waals surface area contributed by atoms with E-state index >= 15 is 0 Å². The van der Waals surface area contributed by atoms with E-state index in [2.05, 4.69) is 0 Å². The van der Waals surface area contributed by atoms with E-state index in [0.717, 1.165) is 11.1 Å². The first-order chi connectivity index (χ1) is 22.9. The van der Waals surface area contributed by atoms with E-state index in [4.69, 9.17) is 19.2 Å². The third kappa shape index (κ3) is 6.49. The molecule has 1 aliphatic heterocycles. The minimum atomic E-state index is -1.01. The van der Waals surface area contributed by atoms with Crippen molar-refractivity contribution in [1.82, 2.24) is 4.57 Å². The fourth-order valence-electron chi connectivity index (χ4n) is 5.39. The van der Waals surface area contributed by atoms with E-state index < -0.39 is 18.0 Å². The van der Waals surface area contributed by atoms with E-state index in [1.54, 1.807) is 54.0 Å². The summed E-state index contributed by atoms with van der Waals surface area (Å²) in [7, 11) is 1.52. The molecule has 47 heavy (non-hydrogen) atoms. The number of thiazole rings is 1. The highest BCUT2D eigenvalue weighted by Gasteiger charge is 2.35. The predicted octanol–water partition coefficient (Wildman–Crippen LogP) is 5.22. The second-order valence-corrected chi connectivity index (χ2v) is 11.6. The van der Waals surface area contributed by atoms with E-state index in [0.29, 0.717) is 43.2 Å². The van der Waals surface area contributed by atoms with Crippen LogP contribution in [0.1, 0.15) is 45.6 Å². The summed E-state index contributed by atoms with van der Waals surface area (Å²) in [5.74, 6) is -0.641. The van der Waals surface area contributed by atoms with Gasteiger partial charge >= 0.3 is 11.9 Å². The number of esters is 1. The zero-order valence-corrected chi connectivity index (χ0v) is 26.4. The van der Waals surface area contributed by atoms with Crippen molar-refractivity contribution in [2.75, 3.05) is 13.7 Å². The van der Waals surface area contributed by atoms with Gasteiger partial charge in [-0.05, 0) is 54.0 Å². The molecule has 0 radical (unpaired) electrons. The Bertz CT molecular complexity index is 2170. The van der Waals surface area contributed by atoms with Gasteiger partial charge in [0.1, 0.15) is 6.61 Å². The maximum absolute atomic E-state index is 14.1. The molecular weight excluding hydrogens is 616 g/mol. The van der Waals surface area contributed by atoms with Crippen LogP contribution in [0.5, 0.6) is 11.5 Å². The molecule has 5 aromatic rings. The molecule has 9 nitrogen and oxygen atoms in total. The summed E-state index contributed by atoms with van der Waals surface area (Å²) in [6.07, 6.45) is 1.75. The summed E-state index contributed by atoms with van der Waals surface area (Å²) in [6.45, 7) is 2.06. The average Bonchev–Trinajstić information content (AvgIpc) is 3.41. The van der Waals surface area contributed by atoms with Crippen molar-refractivity contribution in [2.24, 2.45) is 4.99 Å². The number of carboxylic acid groups (broad SMARTS) is 1. The van der Waals surface area contributed by atoms with Crippen molar-refractivity contribution in [1.29, 1.82) is 0 Å². The number of fused-ring (bicyclic) bond motifs is 1. The summed E-state index contributed by atoms with van der Waals surface area (Å²) >= 11 is 1.23. The first-order valence-corrected chi connectivity index (χ1v) is 15.7. The van der Waals surface area contributed by atoms with E-state index in [1.807, 2.05) is 60.7 Å². The smallest absolute Gasteiger partial charge is 0.338 e. The number of aromatic nitrogens is 1. The normalized spacial score (nSPS) is 14.3. The van der Waals surface area contributed by atoms with Gasteiger partial charge in [-0.25, -0.2) is 14.6 Å². The van der Waals surface area contributed by atoms with Gasteiger partial charge in [0.2, 0.25) is 0 Å². The molecule has 4 aromatic carbocycles. The molecule has 0 unspecified atom stereocenters. The Labute approximate surface area is 274 Å². The van der Waals surface area contributed by atoms with Crippen LogP contribution in [-0.2, 0) is 16.1 Å². The van der Waals surface area contributed by atoms with Crippen molar-refractivity contribution in [3.05, 3.63) is 156 Å². The van der Waals surface area contributed by atoms with Gasteiger partial charge in [0.15, 0.2) is 16.3 Å². The predicted molar refractivity (Wildman–Crippen MR) is 178 cm³/mol. The number of rotatable bonds is 10. The molecule has 1 atom stereocenters. The zero-order chi connectivity index (χ0) is 32.9. The molecule has 0 saturated heterocycles. The van der Waals surface area contributed by atoms with Crippen LogP contribution in [0.15, 0.2) is 118 Å². The molecule has 236 valence electrons. The lowest BCUT2D eigenvalue weighted by atomic mass is 9.93. The van der Waals surface area contributed by atoms with Crippen LogP contribution in [-0.4, -0.2) is 35.3 Å². The standard InChI is InChI=1S/C37H30N2O7S/c1-3-45-36(43)31-32(25-12-6-4-7-13-25)38-37-39(33(31)26-14-8-5-9-15-26)34(40)30(47-37)21-23-17-18-28(29(20-23)44-2)46-22-24-11-10-16-27(19-24)35(41)42/h4-21,33H,3,22H2,1-2H3,(H,41,42)/b30-21-/t33-/m0/s1. The quantitative estimate of drug-likeness (QED) is 0.207. The van der Waals surface area contributed by atoms with Crippen LogP contribution in [0.3, 0.4) is 0 Å². The number of hydrogen-bond donors (Lipinski definition) is 1. The van der Waals surface area contributed by atoms with Gasteiger partial charge in [-0.3, -0.25) is 9.36 Å². The molecule has 1 N–H and O–H groups in total. The monoisotopic (exact) mass is 646 g/mol. The van der Waals surface area contributed by atoms with Crippen LogP contribution >= 0.6 is 11.3 Å². The summed E-state index contributed by atoms with van der Waals surface area (Å²) in [6, 6.07) is 29.9. The number of carbonyl (C=O) groups excluding carboxylic acids is 1. The minimum Gasteiger partial charge on any atom is -0.493 e. The van der Waals surface area contributed by atoms with Gasteiger partial charge in [0, 0.05) is 5.56 Å². The number of carboxylic acids is 1. The maximum Gasteiger partial charge on any atom is 0.338 e. The molecule has 2 heterocycles. The number of benzene rings is 4. The third-order valence-corrected chi connectivity index (χ3v) is 8.53. The highest BCUT2D eigenvalue weighted by atomic mass is 32.1. The first-order valence-electron chi connectivity index (χ1n) is 14.8. The van der Waals surface area contributed by atoms with Crippen LogP contribution in [0.2, 0.25) is 0 Å². The highest BCUT2D eigenvalue weighted by Crippen LogP contribution is 2.35. The van der Waals surface area contributed by atoms with E-state index in [1.165, 1.54) is 24.5 Å². The van der Waals surface area contributed by atoms with Gasteiger partial charge in [-0.1, -0.05) is 90.2 Å². The summed E-state index contributed by atoms with van der Waals surface area (Å²) in [4.78, 5) is 44.4. The molecule has 1 aliphatic rings. The Hall–Kier alpha value is -5.74. The largest absolute Gasteiger partial charge is 0.493 e. The summed E-state index contributed by atoms with van der Waals surface area (Å²) in [5.41, 5.74) is 3.51. The van der Waals surface area contributed by atoms with Crippen molar-refractivity contribution in [3.8, 4) is 11.5 Å². The lowest BCUT2D eigenvalue weighted by Crippen LogP contribution is -2.39. The van der Waals surface area contributed by atoms with Crippen LogP contribution in [0.4, 0.5) is 0 Å². The Morgan fingerprint density at radius 1 is 0.936 bits per heavy atom. The molecular formula is C37H30N2O7S. The maximum atomic E-state index is 14.1. The lowest BCUT2D eigenvalue weighted by molar-refractivity contribution is -0.138. The Balaban J connectivity index is 1.43. The second kappa shape index (κ2) is 13.7. The van der Waals surface area contributed by atoms with E-state index in [9.17, 15) is 19.5 Å². The summed E-state index contributed by atoms with van der Waals surface area (Å²) in [5, 5.41) is 9.28. The number of ether oxygens (including phenoxy) is 3. The molecule has 1 aromatic heterocycles. The van der Waals surface area contributed by atoms with Gasteiger partial charge in [0.05, 0.1) is 41.1 Å². The van der Waals surface area contributed by atoms with E-state index in [-0.39, 0.29) is 24.3 Å². The second-order valence-electron chi connectivity index (χ2n) is 10.5. The molecule has 0 amide bonds. The van der Waals surface area contributed by atoms with Crippen molar-refractivity contribution >= 4 is 35.0 Å². The van der Waals surface area contributed by atoms with Gasteiger partial charge in [-0.15, -0.1) is 0 Å². The third-order valence-electron chi connectivity index (χ3n) is 7.54. The van der Waals surface area contributed by atoms with Crippen molar-refractivity contribution in [3.63, 3.8) is 0 Å². The van der Waals surface area contributed by atoms with Gasteiger partial charge in [-0.2, -0.15) is 0 Å². The van der Waals surface area contributed by atoms with Gasteiger partial charge < -0.3 is 19.3 Å². The molecule has 6 rings (SSSR count). The number of hydrogen-bond acceptors (Lipinski definition) is 8. The Morgan fingerprint density at radius 3 is 2.38 bits per heavy atom. The molecule has 0 saturated carbocycles. The fraction of sp³-hybridized carbons (Fsp3) is 0.135. The number of methoxy groups -OCH3 is 1. The molecule has 0 bridgehead atoms. The molecule has 0 fully saturated rings. The SMILES string of the molecule is CCOC(=O)C1=C(c2ccccc2)N=c2s/c(=C\c3ccc(OCc4cccc(C(=O)O)c4)c(OC)c3)c(=O)n2[C@H]1c1ccccc1. The minimum absolute atomic E-state index is 0.140. The van der Waals surface area contributed by atoms with Crippen LogP contribution < -0.4 is 24.4 Å². The van der Waals surface area contributed by atoms with Crippen LogP contribution in [0, 0.1) is 0 Å². The van der Waals surface area contributed by atoms with Crippen LogP contribution in [0.25, 0.3) is 11.8 Å². The average molecular weight is 647 g/mol. The van der Waals surface area contributed by atoms with Crippen molar-refractivity contribution in [2.45, 2.75) is 19.6 Å². The molecule has 10 heteroatoms. The molecule has 0 spiro atoms. The summed E-state index contributed by atoms with van der Waals surface area (Å²) < 4.78 is 19.0. The topological polar surface area (TPSA) is 116 Å². The number of aromatic carboxylic acids is 1. The Morgan fingerprint density at radius 2 is 1.68 bits per heavy atom. The first kappa shape index (κ1) is 31.3. The highest BCUT2D eigenvalue weighted by molar-refractivity contribution is 7.07. The zero-order valence-electron chi connectivity index (χ0n) is 25.6. The lowest BCUT2D eigenvalue weighted by Gasteiger charge is -2.25. The number of carbonyl (C=O) groups is 2. The fourth-order valence-corrected chi connectivity index (χ4v) is 6.39.